The number of nitrogens with one attached hydrogen (secondary N) is 1. The van der Waals surface area contributed by atoms with E-state index in [9.17, 15) is 0 Å². The van der Waals surface area contributed by atoms with Gasteiger partial charge in [-0.05, 0) is 111 Å². The Morgan fingerprint density at radius 1 is 0.951 bits per heavy atom. The summed E-state index contributed by atoms with van der Waals surface area (Å²) in [7, 11) is 0. The highest BCUT2D eigenvalue weighted by molar-refractivity contribution is 9.10. The summed E-state index contributed by atoms with van der Waals surface area (Å²) in [5.74, 6) is 1.30. The van der Waals surface area contributed by atoms with Crippen molar-refractivity contribution in [2.45, 2.75) is 46.2 Å². The number of aryl methyl sites for hydroxylation is 1. The van der Waals surface area contributed by atoms with E-state index in [0.717, 1.165) is 45.3 Å². The Balaban J connectivity index is 1.44. The largest absolute Gasteiger partial charge is 0.370 e. The minimum atomic E-state index is -0.121. The number of hydrogen-bond acceptors (Lipinski definition) is 3. The van der Waals surface area contributed by atoms with Gasteiger partial charge in [0.2, 0.25) is 0 Å². The van der Waals surface area contributed by atoms with Gasteiger partial charge in [-0.25, -0.2) is 0 Å². The summed E-state index contributed by atoms with van der Waals surface area (Å²) in [6.45, 7) is 11.1. The molecule has 0 amide bonds. The molecule has 2 saturated heterocycles. The lowest BCUT2D eigenvalue weighted by Crippen LogP contribution is -2.38. The van der Waals surface area contributed by atoms with Crippen molar-refractivity contribution in [1.29, 1.82) is 0 Å². The van der Waals surface area contributed by atoms with Crippen LogP contribution in [0.3, 0.4) is 0 Å². The van der Waals surface area contributed by atoms with Crippen LogP contribution in [0.25, 0.3) is 5.69 Å². The Hall–Kier alpha value is -2.87. The molecule has 2 aliphatic heterocycles. The van der Waals surface area contributed by atoms with E-state index in [1.54, 1.807) is 0 Å². The quantitative estimate of drug-likeness (QED) is 0.220. The lowest BCUT2D eigenvalue weighted by Gasteiger charge is -2.37. The molecule has 0 aliphatic carbocycles. The number of aromatic nitrogens is 2. The van der Waals surface area contributed by atoms with Crippen LogP contribution in [0, 0.1) is 25.7 Å². The number of thiocarbonyl (C=S) groups is 1. The maximum atomic E-state index is 7.03. The van der Waals surface area contributed by atoms with E-state index < -0.39 is 0 Å². The normalized spacial score (nSPS) is 22.7. The van der Waals surface area contributed by atoms with Gasteiger partial charge >= 0.3 is 0 Å². The topological polar surface area (TPSA) is 36.3 Å². The zero-order valence-corrected chi connectivity index (χ0v) is 27.0. The molecule has 0 bridgehead atoms. The molecular weight excluding hydrogens is 614 g/mol. The molecule has 2 aromatic heterocycles. The minimum Gasteiger partial charge on any atom is -0.370 e. The zero-order chi connectivity index (χ0) is 28.8. The van der Waals surface area contributed by atoms with Crippen LogP contribution in [0.2, 0.25) is 5.02 Å². The van der Waals surface area contributed by atoms with Crippen molar-refractivity contribution < 1.29 is 0 Å². The van der Waals surface area contributed by atoms with Crippen molar-refractivity contribution in [2.24, 2.45) is 11.8 Å². The number of anilines is 2. The molecule has 4 heterocycles. The van der Waals surface area contributed by atoms with Gasteiger partial charge in [0.1, 0.15) is 0 Å². The van der Waals surface area contributed by atoms with E-state index in [-0.39, 0.29) is 12.1 Å². The minimum absolute atomic E-state index is 0.107. The lowest BCUT2D eigenvalue weighted by molar-refractivity contribution is 0.357. The average Bonchev–Trinajstić information content (AvgIpc) is 3.44. The second kappa shape index (κ2) is 11.4. The molecule has 4 atom stereocenters. The van der Waals surface area contributed by atoms with Crippen LogP contribution in [0.1, 0.15) is 55.0 Å². The van der Waals surface area contributed by atoms with E-state index >= 15 is 0 Å². The van der Waals surface area contributed by atoms with Crippen molar-refractivity contribution in [3.63, 3.8) is 0 Å². The SMILES string of the molecule is Cc1cc([C@H]2[C@H](c3ccccn3)NC(=S)N2c2ccc(N3C[C@H](C)C[C@H](C)C3)c(Cl)c2)c(C)n1-c1ccc(Br)cc1. The van der Waals surface area contributed by atoms with Gasteiger partial charge in [0.15, 0.2) is 5.11 Å². The summed E-state index contributed by atoms with van der Waals surface area (Å²) < 4.78 is 3.37. The smallest absolute Gasteiger partial charge is 0.174 e. The fraction of sp³-hybridized carbons (Fsp3) is 0.333. The molecule has 8 heteroatoms. The summed E-state index contributed by atoms with van der Waals surface area (Å²) in [4.78, 5) is 9.40. The molecule has 6 rings (SSSR count). The van der Waals surface area contributed by atoms with Crippen molar-refractivity contribution in [1.82, 2.24) is 14.9 Å². The van der Waals surface area contributed by atoms with Crippen LogP contribution in [-0.2, 0) is 0 Å². The van der Waals surface area contributed by atoms with E-state index in [0.29, 0.717) is 16.9 Å². The lowest BCUT2D eigenvalue weighted by atomic mass is 9.91. The first-order valence-corrected chi connectivity index (χ1v) is 15.8. The predicted octanol–water partition coefficient (Wildman–Crippen LogP) is 8.56. The Morgan fingerprint density at radius 3 is 2.32 bits per heavy atom. The van der Waals surface area contributed by atoms with Crippen LogP contribution in [-0.4, -0.2) is 27.8 Å². The van der Waals surface area contributed by atoms with Crippen LogP contribution < -0.4 is 15.1 Å². The summed E-state index contributed by atoms with van der Waals surface area (Å²) in [6.07, 6.45) is 3.10. The first-order chi connectivity index (χ1) is 19.7. The van der Waals surface area contributed by atoms with Gasteiger partial charge in [0, 0.05) is 46.5 Å². The van der Waals surface area contributed by atoms with Crippen LogP contribution in [0.4, 0.5) is 11.4 Å². The molecular formula is C33H35BrClN5S. The highest BCUT2D eigenvalue weighted by atomic mass is 79.9. The van der Waals surface area contributed by atoms with Crippen molar-refractivity contribution in [3.05, 3.63) is 105 Å². The van der Waals surface area contributed by atoms with Gasteiger partial charge in [-0.2, -0.15) is 0 Å². The number of rotatable bonds is 5. The standard InChI is InChI=1S/C33H35BrClN5S/c1-20-15-21(2)19-38(18-20)30-13-12-26(17-28(30)35)40-32(31(37-33(40)41)29-7-5-6-14-36-29)27-16-22(3)39(23(27)4)25-10-8-24(34)9-11-25/h5-14,16-17,20-21,31-32H,15,18-19H2,1-4H3,(H,37,41)/t20-,21+,31-,32-/m0/s1. The van der Waals surface area contributed by atoms with E-state index in [2.05, 4.69) is 118 Å². The number of nitrogens with zero attached hydrogens (tertiary/aromatic N) is 4. The van der Waals surface area contributed by atoms with Crippen LogP contribution >= 0.6 is 39.7 Å². The second-order valence-electron chi connectivity index (χ2n) is 11.6. The molecule has 41 heavy (non-hydrogen) atoms. The van der Waals surface area contributed by atoms with Crippen LogP contribution in [0.5, 0.6) is 0 Å². The molecule has 2 aromatic carbocycles. The highest BCUT2D eigenvalue weighted by Crippen LogP contribution is 2.45. The highest BCUT2D eigenvalue weighted by Gasteiger charge is 2.42. The Morgan fingerprint density at radius 2 is 1.66 bits per heavy atom. The maximum Gasteiger partial charge on any atom is 0.174 e. The van der Waals surface area contributed by atoms with Crippen LogP contribution in [0.15, 0.2) is 77.4 Å². The van der Waals surface area contributed by atoms with E-state index in [1.165, 1.54) is 23.4 Å². The monoisotopic (exact) mass is 647 g/mol. The third kappa shape index (κ3) is 5.40. The van der Waals surface area contributed by atoms with Gasteiger partial charge in [-0.15, -0.1) is 0 Å². The fourth-order valence-corrected chi connectivity index (χ4v) is 7.69. The molecule has 5 nitrogen and oxygen atoms in total. The van der Waals surface area contributed by atoms with Gasteiger partial charge < -0.3 is 19.7 Å². The van der Waals surface area contributed by atoms with Gasteiger partial charge in [0.05, 0.1) is 28.5 Å². The van der Waals surface area contributed by atoms with Gasteiger partial charge in [-0.1, -0.05) is 47.4 Å². The number of piperidine rings is 1. The van der Waals surface area contributed by atoms with Crippen molar-refractivity contribution in [3.8, 4) is 5.69 Å². The summed E-state index contributed by atoms with van der Waals surface area (Å²) in [6, 6.07) is 23.0. The number of benzene rings is 2. The third-order valence-corrected chi connectivity index (χ3v) is 9.54. The number of hydrogen-bond donors (Lipinski definition) is 1. The average molecular weight is 649 g/mol. The van der Waals surface area contributed by atoms with Crippen molar-refractivity contribution >= 4 is 56.2 Å². The van der Waals surface area contributed by atoms with Gasteiger partial charge in [0.25, 0.3) is 0 Å². The molecule has 0 saturated carbocycles. The molecule has 1 N–H and O–H groups in total. The Bertz CT molecular complexity index is 1560. The predicted molar refractivity (Wildman–Crippen MR) is 177 cm³/mol. The Kier molecular flexibility index (Phi) is 7.88. The number of halogens is 2. The summed E-state index contributed by atoms with van der Waals surface area (Å²) in [5.41, 5.74) is 7.69. The molecule has 212 valence electrons. The summed E-state index contributed by atoms with van der Waals surface area (Å²) in [5, 5.41) is 5.03. The Labute approximate surface area is 261 Å². The van der Waals surface area contributed by atoms with E-state index in [4.69, 9.17) is 28.8 Å². The molecule has 0 spiro atoms. The molecule has 0 radical (unpaired) electrons. The van der Waals surface area contributed by atoms with Gasteiger partial charge in [-0.3, -0.25) is 4.98 Å². The molecule has 4 aromatic rings. The first kappa shape index (κ1) is 28.3. The van der Waals surface area contributed by atoms with E-state index in [1.807, 2.05) is 18.3 Å². The molecule has 0 unspecified atom stereocenters. The molecule has 2 fully saturated rings. The fourth-order valence-electron chi connectivity index (χ4n) is 6.79. The second-order valence-corrected chi connectivity index (χ2v) is 13.3. The maximum absolute atomic E-state index is 7.03. The third-order valence-electron chi connectivity index (χ3n) is 8.39. The number of pyridine rings is 1. The molecule has 2 aliphatic rings. The first-order valence-electron chi connectivity index (χ1n) is 14.2. The van der Waals surface area contributed by atoms with Crippen molar-refractivity contribution in [2.75, 3.05) is 22.9 Å². The summed E-state index contributed by atoms with van der Waals surface area (Å²) >= 11 is 16.6. The zero-order valence-electron chi connectivity index (χ0n) is 23.8.